The molecule has 0 radical (unpaired) electrons. The second kappa shape index (κ2) is 6.93. The number of amides is 1. The van der Waals surface area contributed by atoms with Crippen molar-refractivity contribution in [3.8, 4) is 0 Å². The van der Waals surface area contributed by atoms with Gasteiger partial charge in [0.25, 0.3) is 0 Å². The first-order chi connectivity index (χ1) is 12.1. The topological polar surface area (TPSA) is 62.2 Å². The Labute approximate surface area is 154 Å². The van der Waals surface area contributed by atoms with E-state index in [1.165, 1.54) is 25.7 Å². The zero-order valence-electron chi connectivity index (χ0n) is 15.3. The van der Waals surface area contributed by atoms with Gasteiger partial charge in [-0.25, -0.2) is 4.98 Å². The summed E-state index contributed by atoms with van der Waals surface area (Å²) in [4.78, 5) is 20.2. The Bertz CT molecular complexity index is 641. The quantitative estimate of drug-likeness (QED) is 0.771. The van der Waals surface area contributed by atoms with Crippen molar-refractivity contribution in [2.24, 2.45) is 18.4 Å². The molecule has 4 rings (SSSR count). The highest BCUT2D eigenvalue weighted by atomic mass is 32.2. The number of likely N-dealkylation sites (tertiary alicyclic amines) is 1. The molecule has 0 aromatic carbocycles. The molecule has 1 amide bonds. The number of fused-ring (bicyclic) bond motifs is 1. The Morgan fingerprint density at radius 3 is 3.00 bits per heavy atom. The van der Waals surface area contributed by atoms with Gasteiger partial charge in [0.05, 0.1) is 23.9 Å². The van der Waals surface area contributed by atoms with E-state index in [0.717, 1.165) is 37.0 Å². The standard InChI is InChI=1S/C18H29N5OS/c1-22-15(9-21-17(22)25-2)8-20-16(24)18-11-19-7-13(18)10-23(12-18)14-5-3-4-6-14/h9,13-14,19H,3-8,10-12H2,1-2H3,(H,20,24)/t13-,18-/m1/s1. The highest BCUT2D eigenvalue weighted by Crippen LogP contribution is 2.42. The van der Waals surface area contributed by atoms with Crippen LogP contribution in [-0.2, 0) is 18.4 Å². The van der Waals surface area contributed by atoms with Crippen molar-refractivity contribution in [3.63, 3.8) is 0 Å². The summed E-state index contributed by atoms with van der Waals surface area (Å²) in [5.41, 5.74) is 0.811. The molecule has 1 aliphatic carbocycles. The van der Waals surface area contributed by atoms with Crippen molar-refractivity contribution in [3.05, 3.63) is 11.9 Å². The first kappa shape index (κ1) is 17.4. The summed E-state index contributed by atoms with van der Waals surface area (Å²) in [5, 5.41) is 7.67. The molecular formula is C18H29N5OS. The summed E-state index contributed by atoms with van der Waals surface area (Å²) in [5.74, 6) is 0.663. The van der Waals surface area contributed by atoms with Crippen LogP contribution in [0.3, 0.4) is 0 Å². The molecule has 0 bridgehead atoms. The molecule has 6 nitrogen and oxygen atoms in total. The molecule has 3 fully saturated rings. The normalized spacial score (nSPS) is 30.1. The minimum atomic E-state index is -0.247. The molecule has 1 aromatic rings. The Morgan fingerprint density at radius 2 is 2.28 bits per heavy atom. The molecule has 7 heteroatoms. The van der Waals surface area contributed by atoms with E-state index in [-0.39, 0.29) is 11.3 Å². The van der Waals surface area contributed by atoms with Crippen LogP contribution in [0.1, 0.15) is 31.4 Å². The lowest BCUT2D eigenvalue weighted by atomic mass is 9.80. The lowest BCUT2D eigenvalue weighted by Gasteiger charge is -2.29. The van der Waals surface area contributed by atoms with Gasteiger partial charge in [-0.1, -0.05) is 24.6 Å². The number of nitrogens with one attached hydrogen (secondary N) is 2. The average Bonchev–Trinajstić information content (AvgIpc) is 3.35. The molecule has 2 atom stereocenters. The Hall–Kier alpha value is -1.05. The summed E-state index contributed by atoms with van der Waals surface area (Å²) in [7, 11) is 2.01. The molecule has 3 heterocycles. The van der Waals surface area contributed by atoms with Gasteiger partial charge in [0.1, 0.15) is 0 Å². The number of rotatable bonds is 5. The average molecular weight is 364 g/mol. The minimum Gasteiger partial charge on any atom is -0.350 e. The summed E-state index contributed by atoms with van der Waals surface area (Å²) < 4.78 is 2.06. The highest BCUT2D eigenvalue weighted by molar-refractivity contribution is 7.98. The summed E-state index contributed by atoms with van der Waals surface area (Å²) >= 11 is 1.63. The third kappa shape index (κ3) is 3.00. The van der Waals surface area contributed by atoms with Crippen molar-refractivity contribution in [1.29, 1.82) is 0 Å². The second-order valence-corrected chi connectivity index (χ2v) is 8.60. The zero-order chi connectivity index (χ0) is 17.4. The van der Waals surface area contributed by atoms with E-state index in [2.05, 4.69) is 25.1 Å². The Morgan fingerprint density at radius 1 is 1.48 bits per heavy atom. The largest absolute Gasteiger partial charge is 0.350 e. The van der Waals surface area contributed by atoms with Gasteiger partial charge >= 0.3 is 0 Å². The summed E-state index contributed by atoms with van der Waals surface area (Å²) in [6.45, 7) is 4.34. The summed E-state index contributed by atoms with van der Waals surface area (Å²) in [6.07, 6.45) is 9.21. The van der Waals surface area contributed by atoms with Crippen molar-refractivity contribution in [2.75, 3.05) is 32.4 Å². The monoisotopic (exact) mass is 363 g/mol. The molecule has 1 aromatic heterocycles. The van der Waals surface area contributed by atoms with Gasteiger partial charge < -0.3 is 15.2 Å². The van der Waals surface area contributed by atoms with E-state index < -0.39 is 0 Å². The maximum atomic E-state index is 13.2. The van der Waals surface area contributed by atoms with Gasteiger partial charge in [-0.2, -0.15) is 0 Å². The van der Waals surface area contributed by atoms with E-state index in [0.29, 0.717) is 18.5 Å². The van der Waals surface area contributed by atoms with Crippen LogP contribution in [0.15, 0.2) is 11.4 Å². The molecule has 2 aliphatic heterocycles. The van der Waals surface area contributed by atoms with Crippen molar-refractivity contribution in [2.45, 2.75) is 43.4 Å². The zero-order valence-corrected chi connectivity index (χ0v) is 16.1. The number of carbonyl (C=O) groups is 1. The number of carbonyl (C=O) groups excluding carboxylic acids is 1. The molecule has 25 heavy (non-hydrogen) atoms. The third-order valence-corrected chi connectivity index (χ3v) is 7.24. The Balaban J connectivity index is 1.43. The Kier molecular flexibility index (Phi) is 4.81. The van der Waals surface area contributed by atoms with E-state index in [1.807, 2.05) is 19.5 Å². The smallest absolute Gasteiger partial charge is 0.229 e. The minimum absolute atomic E-state index is 0.217. The number of imidazole rings is 1. The van der Waals surface area contributed by atoms with Crippen LogP contribution in [0.5, 0.6) is 0 Å². The number of hydrogen-bond acceptors (Lipinski definition) is 5. The van der Waals surface area contributed by atoms with Crippen molar-refractivity contribution >= 4 is 17.7 Å². The molecule has 2 saturated heterocycles. The van der Waals surface area contributed by atoms with Gasteiger partial charge in [-0.3, -0.25) is 9.69 Å². The first-order valence-corrected chi connectivity index (χ1v) is 10.6. The molecule has 138 valence electrons. The molecular weight excluding hydrogens is 334 g/mol. The van der Waals surface area contributed by atoms with Gasteiger partial charge in [-0.05, 0) is 19.1 Å². The van der Waals surface area contributed by atoms with E-state index in [1.54, 1.807) is 11.8 Å². The molecule has 2 N–H and O–H groups in total. The lowest BCUT2D eigenvalue weighted by molar-refractivity contribution is -0.131. The maximum Gasteiger partial charge on any atom is 0.229 e. The number of hydrogen-bond donors (Lipinski definition) is 2. The van der Waals surface area contributed by atoms with Crippen LogP contribution < -0.4 is 10.6 Å². The second-order valence-electron chi connectivity index (χ2n) is 7.83. The maximum absolute atomic E-state index is 13.2. The van der Waals surface area contributed by atoms with Gasteiger partial charge in [0, 0.05) is 45.2 Å². The van der Waals surface area contributed by atoms with Crippen molar-refractivity contribution in [1.82, 2.24) is 25.1 Å². The van der Waals surface area contributed by atoms with Gasteiger partial charge in [-0.15, -0.1) is 0 Å². The van der Waals surface area contributed by atoms with E-state index in [4.69, 9.17) is 0 Å². The van der Waals surface area contributed by atoms with Gasteiger partial charge in [0.15, 0.2) is 5.16 Å². The van der Waals surface area contributed by atoms with Crippen LogP contribution >= 0.6 is 11.8 Å². The van der Waals surface area contributed by atoms with Crippen molar-refractivity contribution < 1.29 is 4.79 Å². The van der Waals surface area contributed by atoms with Crippen LogP contribution in [0, 0.1) is 11.3 Å². The fourth-order valence-corrected chi connectivity index (χ4v) is 5.50. The fraction of sp³-hybridized carbons (Fsp3) is 0.778. The summed E-state index contributed by atoms with van der Waals surface area (Å²) in [6, 6.07) is 0.705. The van der Waals surface area contributed by atoms with Crippen LogP contribution in [0.2, 0.25) is 0 Å². The highest BCUT2D eigenvalue weighted by Gasteiger charge is 2.55. The lowest BCUT2D eigenvalue weighted by Crippen LogP contribution is -2.47. The fourth-order valence-electron chi connectivity index (χ4n) is 4.96. The number of thioether (sulfide) groups is 1. The van der Waals surface area contributed by atoms with Crippen LogP contribution in [0.25, 0.3) is 0 Å². The molecule has 0 spiro atoms. The predicted octanol–water partition coefficient (Wildman–Crippen LogP) is 1.22. The first-order valence-electron chi connectivity index (χ1n) is 9.42. The van der Waals surface area contributed by atoms with Crippen LogP contribution in [0.4, 0.5) is 0 Å². The van der Waals surface area contributed by atoms with E-state index >= 15 is 0 Å². The molecule has 1 saturated carbocycles. The molecule has 0 unspecified atom stereocenters. The number of nitrogens with zero attached hydrogens (tertiary/aromatic N) is 3. The van der Waals surface area contributed by atoms with Gasteiger partial charge in [0.2, 0.25) is 5.91 Å². The predicted molar refractivity (Wildman–Crippen MR) is 99.5 cm³/mol. The number of aromatic nitrogens is 2. The third-order valence-electron chi connectivity index (χ3n) is 6.50. The van der Waals surface area contributed by atoms with E-state index in [9.17, 15) is 4.79 Å². The SMILES string of the molecule is CSc1ncc(CNC(=O)[C@@]23CNC[C@@H]2CN(C2CCCC2)C3)n1C. The molecule has 3 aliphatic rings. The van der Waals surface area contributed by atoms with Crippen LogP contribution in [-0.4, -0.2) is 58.8 Å².